The molecule has 6 nitrogen and oxygen atoms in total. The van der Waals surface area contributed by atoms with Gasteiger partial charge in [-0.05, 0) is 30.5 Å². The molecule has 1 heterocycles. The van der Waals surface area contributed by atoms with Gasteiger partial charge in [-0.15, -0.1) is 0 Å². The number of thiazole rings is 1. The summed E-state index contributed by atoms with van der Waals surface area (Å²) in [6.45, 7) is 0.675. The van der Waals surface area contributed by atoms with Crippen LogP contribution in [0.3, 0.4) is 0 Å². The van der Waals surface area contributed by atoms with Crippen molar-refractivity contribution in [2.45, 2.75) is 11.4 Å². The van der Waals surface area contributed by atoms with E-state index in [4.69, 9.17) is 4.74 Å². The molecule has 3 rings (SSSR count). The van der Waals surface area contributed by atoms with E-state index in [2.05, 4.69) is 4.99 Å². The van der Waals surface area contributed by atoms with E-state index in [1.807, 2.05) is 29.0 Å². The summed E-state index contributed by atoms with van der Waals surface area (Å²) in [4.78, 5) is 17.6. The molecule has 0 unspecified atom stereocenters. The number of rotatable bonds is 6. The zero-order valence-corrected chi connectivity index (χ0v) is 18.2. The van der Waals surface area contributed by atoms with E-state index in [1.54, 1.807) is 31.0 Å². The van der Waals surface area contributed by atoms with Crippen molar-refractivity contribution in [2.75, 3.05) is 25.4 Å². The molecule has 2 aromatic carbocycles. The van der Waals surface area contributed by atoms with Gasteiger partial charge in [0, 0.05) is 24.6 Å². The highest BCUT2D eigenvalue weighted by Crippen LogP contribution is 2.23. The van der Waals surface area contributed by atoms with Crippen molar-refractivity contribution < 1.29 is 17.9 Å². The van der Waals surface area contributed by atoms with Gasteiger partial charge < -0.3 is 9.30 Å². The fraction of sp³-hybridized carbons (Fsp3) is 0.263. The second-order valence-electron chi connectivity index (χ2n) is 6.05. The number of nitrogens with zero attached hydrogens (tertiary/aromatic N) is 2. The Morgan fingerprint density at radius 1 is 1.25 bits per heavy atom. The lowest BCUT2D eigenvalue weighted by atomic mass is 10.2. The number of carbonyl (C=O) groups excluding carboxylic acids is 1. The van der Waals surface area contributed by atoms with Gasteiger partial charge in [0.25, 0.3) is 5.91 Å². The number of thioether (sulfide) groups is 1. The number of benzene rings is 2. The molecule has 28 heavy (non-hydrogen) atoms. The fourth-order valence-electron chi connectivity index (χ4n) is 2.77. The minimum Gasteiger partial charge on any atom is -0.497 e. The second-order valence-corrected chi connectivity index (χ2v) is 10.0. The highest BCUT2D eigenvalue weighted by Gasteiger charge is 2.18. The number of carbonyl (C=O) groups is 1. The van der Waals surface area contributed by atoms with Gasteiger partial charge in [0.05, 0.1) is 27.8 Å². The van der Waals surface area contributed by atoms with Crippen LogP contribution in [-0.2, 0) is 16.4 Å². The van der Waals surface area contributed by atoms with Crippen LogP contribution < -0.4 is 9.54 Å². The van der Waals surface area contributed by atoms with Crippen LogP contribution >= 0.6 is 23.1 Å². The van der Waals surface area contributed by atoms with Crippen LogP contribution in [0, 0.1) is 0 Å². The molecule has 1 aromatic heterocycles. The van der Waals surface area contributed by atoms with E-state index in [0.717, 1.165) is 28.0 Å². The van der Waals surface area contributed by atoms with Crippen LogP contribution in [0.4, 0.5) is 0 Å². The van der Waals surface area contributed by atoms with Gasteiger partial charge in [0.1, 0.15) is 5.75 Å². The molecule has 0 fully saturated rings. The smallest absolute Gasteiger partial charge is 0.280 e. The maximum absolute atomic E-state index is 12.8. The van der Waals surface area contributed by atoms with Crippen LogP contribution in [0.2, 0.25) is 0 Å². The summed E-state index contributed by atoms with van der Waals surface area (Å²) in [6.07, 6.45) is 3.10. The summed E-state index contributed by atoms with van der Waals surface area (Å²) in [5.41, 5.74) is 1.01. The molecule has 0 saturated carbocycles. The van der Waals surface area contributed by atoms with E-state index in [-0.39, 0.29) is 10.5 Å². The molecule has 0 saturated heterocycles. The minimum atomic E-state index is -3.53. The van der Waals surface area contributed by atoms with E-state index < -0.39 is 15.7 Å². The quantitative estimate of drug-likeness (QED) is 0.593. The topological polar surface area (TPSA) is 77.7 Å². The van der Waals surface area contributed by atoms with Gasteiger partial charge in [-0.1, -0.05) is 23.5 Å². The van der Waals surface area contributed by atoms with Crippen LogP contribution in [0.5, 0.6) is 5.75 Å². The summed E-state index contributed by atoms with van der Waals surface area (Å²) in [5, 5.41) is 0. The van der Waals surface area contributed by atoms with Crippen LogP contribution in [0.15, 0.2) is 52.4 Å². The van der Waals surface area contributed by atoms with Crippen molar-refractivity contribution in [2.24, 2.45) is 4.99 Å². The molecule has 0 aliphatic carbocycles. The van der Waals surface area contributed by atoms with Crippen LogP contribution in [-0.4, -0.2) is 44.3 Å². The summed E-state index contributed by atoms with van der Waals surface area (Å²) in [6, 6.07) is 11.9. The third-order valence-corrected chi connectivity index (χ3v) is 6.93. The molecule has 0 atom stereocenters. The first-order chi connectivity index (χ1) is 13.3. The number of fused-ring (bicyclic) bond motifs is 1. The Morgan fingerprint density at radius 3 is 2.68 bits per heavy atom. The largest absolute Gasteiger partial charge is 0.497 e. The number of methoxy groups -OCH3 is 1. The van der Waals surface area contributed by atoms with Gasteiger partial charge >= 0.3 is 0 Å². The average molecular weight is 437 g/mol. The Morgan fingerprint density at radius 2 is 2.00 bits per heavy atom. The highest BCUT2D eigenvalue weighted by atomic mass is 32.2. The number of hydrogen-bond donors (Lipinski definition) is 0. The molecule has 0 aliphatic rings. The Bertz CT molecular complexity index is 1190. The highest BCUT2D eigenvalue weighted by molar-refractivity contribution is 7.98. The Labute approximate surface area is 171 Å². The molecule has 0 N–H and O–H groups in total. The van der Waals surface area contributed by atoms with E-state index in [9.17, 15) is 13.2 Å². The van der Waals surface area contributed by atoms with Crippen molar-refractivity contribution in [3.63, 3.8) is 0 Å². The molecular formula is C19H20N2O4S3. The second kappa shape index (κ2) is 8.50. The number of aromatic nitrogens is 1. The third kappa shape index (κ3) is 4.31. The molecule has 1 amide bonds. The Balaban J connectivity index is 2.18. The fourth-order valence-corrected chi connectivity index (χ4v) is 5.05. The number of sulfone groups is 1. The molecule has 0 spiro atoms. The number of aryl methyl sites for hydroxylation is 1. The molecular weight excluding hydrogens is 416 g/mol. The van der Waals surface area contributed by atoms with Crippen molar-refractivity contribution in [1.82, 2.24) is 4.57 Å². The monoisotopic (exact) mass is 436 g/mol. The summed E-state index contributed by atoms with van der Waals surface area (Å²) >= 11 is 3.09. The van der Waals surface area contributed by atoms with E-state index in [0.29, 0.717) is 11.3 Å². The molecule has 148 valence electrons. The standard InChI is InChI=1S/C19H20N2O4S3/c1-25-13-8-9-16-15(12-13)21(10-11-26-2)19(27-16)20-18(22)14-6-4-5-7-17(14)28(3,23)24/h4-9,12H,10-11H2,1-3H3. The molecule has 0 aliphatic heterocycles. The van der Waals surface area contributed by atoms with Gasteiger partial charge in [0.15, 0.2) is 14.6 Å². The SMILES string of the molecule is COc1ccc2sc(=NC(=O)c3ccccc3S(C)(=O)=O)n(CCSC)c2c1. The van der Waals surface area contributed by atoms with Crippen LogP contribution in [0.25, 0.3) is 10.2 Å². The van der Waals surface area contributed by atoms with Crippen LogP contribution in [0.1, 0.15) is 10.4 Å². The minimum absolute atomic E-state index is 0.0119. The first-order valence-electron chi connectivity index (χ1n) is 8.39. The van der Waals surface area contributed by atoms with Gasteiger partial charge in [-0.3, -0.25) is 4.79 Å². The van der Waals surface area contributed by atoms with Crippen molar-refractivity contribution >= 4 is 49.1 Å². The maximum Gasteiger partial charge on any atom is 0.280 e. The first-order valence-corrected chi connectivity index (χ1v) is 12.5. The number of hydrogen-bond acceptors (Lipinski definition) is 6. The third-order valence-electron chi connectivity index (χ3n) is 4.12. The zero-order chi connectivity index (χ0) is 20.3. The predicted molar refractivity (Wildman–Crippen MR) is 114 cm³/mol. The average Bonchev–Trinajstić information content (AvgIpc) is 3.01. The number of amides is 1. The summed E-state index contributed by atoms with van der Waals surface area (Å²) in [7, 11) is -1.92. The van der Waals surface area contributed by atoms with Gasteiger partial charge in [-0.2, -0.15) is 16.8 Å². The van der Waals surface area contributed by atoms with E-state index >= 15 is 0 Å². The lowest BCUT2D eigenvalue weighted by Gasteiger charge is -2.06. The molecule has 0 radical (unpaired) electrons. The molecule has 3 aromatic rings. The van der Waals surface area contributed by atoms with Crippen molar-refractivity contribution in [3.05, 3.63) is 52.8 Å². The lowest BCUT2D eigenvalue weighted by molar-refractivity contribution is 0.0994. The zero-order valence-electron chi connectivity index (χ0n) is 15.7. The van der Waals surface area contributed by atoms with Crippen molar-refractivity contribution in [1.29, 1.82) is 0 Å². The Kier molecular flexibility index (Phi) is 6.26. The van der Waals surface area contributed by atoms with Gasteiger partial charge in [0.2, 0.25) is 0 Å². The normalized spacial score (nSPS) is 12.5. The lowest BCUT2D eigenvalue weighted by Crippen LogP contribution is -2.19. The van der Waals surface area contributed by atoms with E-state index in [1.165, 1.54) is 23.5 Å². The number of ether oxygens (including phenoxy) is 1. The summed E-state index contributed by atoms with van der Waals surface area (Å²) in [5.74, 6) is 1.01. The Hall–Kier alpha value is -2.10. The van der Waals surface area contributed by atoms with Gasteiger partial charge in [-0.25, -0.2) is 8.42 Å². The molecule has 0 bridgehead atoms. The van der Waals surface area contributed by atoms with Crippen molar-refractivity contribution in [3.8, 4) is 5.75 Å². The summed E-state index contributed by atoms with van der Waals surface area (Å²) < 4.78 is 32.3. The first kappa shape index (κ1) is 20.6. The molecule has 9 heteroatoms. The predicted octanol–water partition coefficient (Wildman–Crippen LogP) is 3.22. The maximum atomic E-state index is 12.8.